The zero-order chi connectivity index (χ0) is 32.4. The minimum Gasteiger partial charge on any atom is -0.456 e. The van der Waals surface area contributed by atoms with Gasteiger partial charge < -0.3 is 4.42 Å². The molecule has 0 fully saturated rings. The summed E-state index contributed by atoms with van der Waals surface area (Å²) in [4.78, 5) is 0. The van der Waals surface area contributed by atoms with E-state index in [1.165, 1.54) is 55.6 Å². The van der Waals surface area contributed by atoms with Crippen LogP contribution in [0.2, 0.25) is 0 Å². The Morgan fingerprint density at radius 2 is 0.938 bits per heavy atom. The number of benzene rings is 7. The molecule has 1 aromatic heterocycles. The molecule has 0 aliphatic heterocycles. The Bertz CT molecular complexity index is 2510. The van der Waals surface area contributed by atoms with E-state index in [0.29, 0.717) is 0 Å². The van der Waals surface area contributed by atoms with Crippen LogP contribution >= 0.6 is 0 Å². The summed E-state index contributed by atoms with van der Waals surface area (Å²) in [5.41, 5.74) is 17.6. The molecule has 1 aliphatic rings. The summed E-state index contributed by atoms with van der Waals surface area (Å²) < 4.78 is 6.21. The molecule has 0 N–H and O–H groups in total. The zero-order valence-corrected chi connectivity index (χ0v) is 27.1. The van der Waals surface area contributed by atoms with Gasteiger partial charge in [-0.3, -0.25) is 0 Å². The quantitative estimate of drug-likeness (QED) is 0.188. The van der Waals surface area contributed by atoms with E-state index in [2.05, 4.69) is 166 Å². The summed E-state index contributed by atoms with van der Waals surface area (Å²) in [6.45, 7) is 9.23. The van der Waals surface area contributed by atoms with Crippen LogP contribution in [0.1, 0.15) is 36.1 Å². The third-order valence-electron chi connectivity index (χ3n) is 10.3. The van der Waals surface area contributed by atoms with E-state index in [1.807, 2.05) is 12.1 Å². The van der Waals surface area contributed by atoms with Crippen LogP contribution in [-0.2, 0) is 5.41 Å². The summed E-state index contributed by atoms with van der Waals surface area (Å²) in [5.74, 6) is 0. The maximum absolute atomic E-state index is 6.21. The van der Waals surface area contributed by atoms with E-state index in [4.69, 9.17) is 4.42 Å². The van der Waals surface area contributed by atoms with Crippen LogP contribution in [0.3, 0.4) is 0 Å². The summed E-state index contributed by atoms with van der Waals surface area (Å²) in [5, 5.41) is 2.31. The Hall–Kier alpha value is -5.92. The minimum absolute atomic E-state index is 0.143. The van der Waals surface area contributed by atoms with Gasteiger partial charge in [0, 0.05) is 16.2 Å². The summed E-state index contributed by atoms with van der Waals surface area (Å²) in [6, 6.07) is 56.7. The van der Waals surface area contributed by atoms with Gasteiger partial charge in [0.2, 0.25) is 0 Å². The highest BCUT2D eigenvalue weighted by molar-refractivity contribution is 6.06. The number of hydrogen-bond acceptors (Lipinski definition) is 1. The largest absolute Gasteiger partial charge is 0.456 e. The Balaban J connectivity index is 0.986. The number of rotatable bonds is 5. The third kappa shape index (κ3) is 4.54. The molecule has 1 heteroatoms. The molecular weight excluding hydrogens is 581 g/mol. The molecule has 0 radical (unpaired) electrons. The molecule has 228 valence electrons. The van der Waals surface area contributed by atoms with Gasteiger partial charge in [0.15, 0.2) is 0 Å². The van der Waals surface area contributed by atoms with E-state index in [-0.39, 0.29) is 5.41 Å². The second-order valence-electron chi connectivity index (χ2n) is 13.5. The lowest BCUT2D eigenvalue weighted by molar-refractivity contribution is 0.660. The van der Waals surface area contributed by atoms with Gasteiger partial charge in [-0.25, -0.2) is 0 Å². The van der Waals surface area contributed by atoms with Crippen molar-refractivity contribution in [1.82, 2.24) is 0 Å². The average Bonchev–Trinajstić information content (AvgIpc) is 3.62. The van der Waals surface area contributed by atoms with Crippen molar-refractivity contribution in [3.05, 3.63) is 187 Å². The Kier molecular flexibility index (Phi) is 6.39. The van der Waals surface area contributed by atoms with Gasteiger partial charge in [-0.05, 0) is 103 Å². The molecule has 0 spiro atoms. The maximum atomic E-state index is 6.21. The Morgan fingerprint density at radius 1 is 0.438 bits per heavy atom. The van der Waals surface area contributed by atoms with Crippen molar-refractivity contribution in [2.24, 2.45) is 0 Å². The molecule has 1 aliphatic carbocycles. The van der Waals surface area contributed by atoms with Crippen LogP contribution < -0.4 is 0 Å². The molecule has 1 heterocycles. The SMILES string of the molecule is C=C(c1ccc(-c2ccc(-c3ccccc3)cc2)cc1)c1ccc2c(c1)C(C)(C)c1cc(-c3ccc4c(c3)oc3ccccc34)ccc1-2. The van der Waals surface area contributed by atoms with Crippen molar-refractivity contribution in [3.8, 4) is 44.5 Å². The molecule has 0 saturated heterocycles. The number of furan rings is 1. The lowest BCUT2D eigenvalue weighted by atomic mass is 9.80. The molecule has 0 atom stereocenters. The highest BCUT2D eigenvalue weighted by atomic mass is 16.3. The molecule has 7 aromatic carbocycles. The van der Waals surface area contributed by atoms with Crippen molar-refractivity contribution in [2.75, 3.05) is 0 Å². The standard InChI is InChI=1S/C47H34O/c1-30(31-13-15-34(16-14-31)35-19-17-33(18-20-35)32-9-5-4-6-10-32)36-21-24-39-40-25-22-37(28-44(40)47(2,3)43(39)27-36)38-23-26-42-41-11-7-8-12-45(41)48-46(42)29-38/h4-29H,1H2,2-3H3. The van der Waals surface area contributed by atoms with Crippen molar-refractivity contribution >= 4 is 27.5 Å². The second-order valence-corrected chi connectivity index (χ2v) is 13.5. The fourth-order valence-corrected chi connectivity index (χ4v) is 7.53. The van der Waals surface area contributed by atoms with Crippen LogP contribution in [0, 0.1) is 0 Å². The van der Waals surface area contributed by atoms with Crippen molar-refractivity contribution in [3.63, 3.8) is 0 Å². The molecule has 48 heavy (non-hydrogen) atoms. The number of hydrogen-bond donors (Lipinski definition) is 0. The first kappa shape index (κ1) is 28.3. The van der Waals surface area contributed by atoms with E-state index in [0.717, 1.165) is 38.6 Å². The fourth-order valence-electron chi connectivity index (χ4n) is 7.53. The van der Waals surface area contributed by atoms with Crippen molar-refractivity contribution in [1.29, 1.82) is 0 Å². The molecule has 0 amide bonds. The minimum atomic E-state index is -0.143. The molecule has 0 saturated carbocycles. The Labute approximate surface area is 281 Å². The van der Waals surface area contributed by atoms with E-state index in [1.54, 1.807) is 0 Å². The second kappa shape index (κ2) is 10.8. The first-order valence-corrected chi connectivity index (χ1v) is 16.6. The van der Waals surface area contributed by atoms with Crippen molar-refractivity contribution < 1.29 is 4.42 Å². The topological polar surface area (TPSA) is 13.1 Å². The lowest BCUT2D eigenvalue weighted by Crippen LogP contribution is -2.15. The van der Waals surface area contributed by atoms with Gasteiger partial charge in [0.25, 0.3) is 0 Å². The van der Waals surface area contributed by atoms with Crippen molar-refractivity contribution in [2.45, 2.75) is 19.3 Å². The van der Waals surface area contributed by atoms with E-state index in [9.17, 15) is 0 Å². The highest BCUT2D eigenvalue weighted by Gasteiger charge is 2.36. The fraction of sp³-hybridized carbons (Fsp3) is 0.0638. The average molecular weight is 615 g/mol. The first-order valence-electron chi connectivity index (χ1n) is 16.6. The van der Waals surface area contributed by atoms with Gasteiger partial charge in [-0.15, -0.1) is 0 Å². The molecule has 8 aromatic rings. The molecule has 1 nitrogen and oxygen atoms in total. The van der Waals surface area contributed by atoms with Crippen LogP contribution in [0.25, 0.3) is 72.0 Å². The molecule has 9 rings (SSSR count). The van der Waals surface area contributed by atoms with E-state index >= 15 is 0 Å². The van der Waals surface area contributed by atoms with Gasteiger partial charge in [-0.2, -0.15) is 0 Å². The van der Waals surface area contributed by atoms with Gasteiger partial charge in [-0.1, -0.05) is 148 Å². The summed E-state index contributed by atoms with van der Waals surface area (Å²) >= 11 is 0. The van der Waals surface area contributed by atoms with Gasteiger partial charge >= 0.3 is 0 Å². The number of para-hydroxylation sites is 1. The van der Waals surface area contributed by atoms with Crippen LogP contribution in [0.15, 0.2) is 169 Å². The zero-order valence-electron chi connectivity index (χ0n) is 27.1. The molecule has 0 unspecified atom stereocenters. The van der Waals surface area contributed by atoms with Crippen LogP contribution in [0.4, 0.5) is 0 Å². The lowest BCUT2D eigenvalue weighted by Gasteiger charge is -2.23. The number of fused-ring (bicyclic) bond motifs is 6. The van der Waals surface area contributed by atoms with Gasteiger partial charge in [0.1, 0.15) is 11.2 Å². The Morgan fingerprint density at radius 3 is 1.67 bits per heavy atom. The summed E-state index contributed by atoms with van der Waals surface area (Å²) in [7, 11) is 0. The predicted molar refractivity (Wildman–Crippen MR) is 202 cm³/mol. The van der Waals surface area contributed by atoms with Crippen LogP contribution in [-0.4, -0.2) is 0 Å². The van der Waals surface area contributed by atoms with E-state index < -0.39 is 0 Å². The third-order valence-corrected chi connectivity index (χ3v) is 10.3. The molecule has 0 bridgehead atoms. The monoisotopic (exact) mass is 614 g/mol. The predicted octanol–water partition coefficient (Wildman–Crippen LogP) is 13.0. The smallest absolute Gasteiger partial charge is 0.136 e. The normalized spacial score (nSPS) is 13.0. The first-order chi connectivity index (χ1) is 23.4. The maximum Gasteiger partial charge on any atom is 0.136 e. The highest BCUT2D eigenvalue weighted by Crippen LogP contribution is 2.50. The summed E-state index contributed by atoms with van der Waals surface area (Å²) in [6.07, 6.45) is 0. The van der Waals surface area contributed by atoms with Gasteiger partial charge in [0.05, 0.1) is 0 Å². The molecular formula is C47H34O. The van der Waals surface area contributed by atoms with Crippen LogP contribution in [0.5, 0.6) is 0 Å².